The fraction of sp³-hybridized carbons (Fsp3) is 0.941. The topological polar surface area (TPSA) is 23.6 Å². The van der Waals surface area contributed by atoms with Gasteiger partial charge in [-0.2, -0.15) is 0 Å². The van der Waals surface area contributed by atoms with E-state index in [0.29, 0.717) is 5.91 Å². The van der Waals surface area contributed by atoms with Gasteiger partial charge in [0, 0.05) is 32.6 Å². The van der Waals surface area contributed by atoms with Gasteiger partial charge in [-0.1, -0.05) is 25.7 Å². The van der Waals surface area contributed by atoms with Gasteiger partial charge < -0.3 is 9.80 Å². The first-order valence-corrected chi connectivity index (χ1v) is 8.81. The molecule has 3 nitrogen and oxygen atoms in total. The number of hydrogen-bond donors (Lipinski definition) is 0. The third kappa shape index (κ3) is 4.21. The van der Waals surface area contributed by atoms with Crippen LogP contribution in [0.1, 0.15) is 57.8 Å². The Morgan fingerprint density at radius 1 is 0.850 bits per heavy atom. The Balaban J connectivity index is 1.38. The Bertz CT molecular complexity index is 321. The summed E-state index contributed by atoms with van der Waals surface area (Å²) in [5, 5.41) is 0. The van der Waals surface area contributed by atoms with Gasteiger partial charge in [0.25, 0.3) is 0 Å². The molecule has 114 valence electrons. The van der Waals surface area contributed by atoms with Crippen molar-refractivity contribution in [3.63, 3.8) is 0 Å². The minimum absolute atomic E-state index is 0.421. The fourth-order valence-corrected chi connectivity index (χ4v) is 3.85. The van der Waals surface area contributed by atoms with Crippen LogP contribution in [0.15, 0.2) is 0 Å². The molecule has 1 aliphatic heterocycles. The van der Waals surface area contributed by atoms with Gasteiger partial charge in [0.15, 0.2) is 0 Å². The summed E-state index contributed by atoms with van der Waals surface area (Å²) in [5.41, 5.74) is 0. The Hall–Kier alpha value is -0.570. The quantitative estimate of drug-likeness (QED) is 0.772. The Morgan fingerprint density at radius 2 is 1.65 bits per heavy atom. The summed E-state index contributed by atoms with van der Waals surface area (Å²) in [7, 11) is 0. The molecule has 0 aromatic heterocycles. The average molecular weight is 278 g/mol. The average Bonchev–Trinajstić information content (AvgIpc) is 3.17. The number of rotatable bonds is 5. The first-order chi connectivity index (χ1) is 9.81. The van der Waals surface area contributed by atoms with E-state index in [1.807, 2.05) is 0 Å². The smallest absolute Gasteiger partial charge is 0.222 e. The zero-order valence-corrected chi connectivity index (χ0v) is 12.9. The van der Waals surface area contributed by atoms with Crippen molar-refractivity contribution in [2.75, 3.05) is 32.7 Å². The molecule has 3 rings (SSSR count). The lowest BCUT2D eigenvalue weighted by atomic mass is 10.0. The summed E-state index contributed by atoms with van der Waals surface area (Å²) in [6, 6.07) is 0. The molecule has 1 heterocycles. The van der Waals surface area contributed by atoms with E-state index >= 15 is 0 Å². The van der Waals surface area contributed by atoms with E-state index in [4.69, 9.17) is 0 Å². The molecule has 0 atom stereocenters. The van der Waals surface area contributed by atoms with Crippen LogP contribution in [0.3, 0.4) is 0 Å². The first kappa shape index (κ1) is 14.4. The van der Waals surface area contributed by atoms with Crippen LogP contribution in [0.25, 0.3) is 0 Å². The zero-order valence-electron chi connectivity index (χ0n) is 12.9. The molecule has 3 fully saturated rings. The van der Waals surface area contributed by atoms with Gasteiger partial charge >= 0.3 is 0 Å². The van der Waals surface area contributed by atoms with E-state index in [1.54, 1.807) is 0 Å². The minimum atomic E-state index is 0.421. The molecule has 0 aromatic carbocycles. The third-order valence-corrected chi connectivity index (χ3v) is 5.40. The highest BCUT2D eigenvalue weighted by Gasteiger charge is 2.26. The summed E-state index contributed by atoms with van der Waals surface area (Å²) in [4.78, 5) is 17.1. The number of carbonyl (C=O) groups excluding carboxylic acids is 1. The molecule has 0 radical (unpaired) electrons. The largest absolute Gasteiger partial charge is 0.341 e. The zero-order chi connectivity index (χ0) is 13.8. The van der Waals surface area contributed by atoms with Crippen LogP contribution >= 0.6 is 0 Å². The maximum Gasteiger partial charge on any atom is 0.222 e. The number of nitrogens with zero attached hydrogens (tertiary/aromatic N) is 2. The third-order valence-electron chi connectivity index (χ3n) is 5.40. The summed E-state index contributed by atoms with van der Waals surface area (Å²) < 4.78 is 0. The minimum Gasteiger partial charge on any atom is -0.341 e. The maximum absolute atomic E-state index is 12.4. The summed E-state index contributed by atoms with van der Waals surface area (Å²) >= 11 is 0. The van der Waals surface area contributed by atoms with E-state index in [9.17, 15) is 4.79 Å². The molecule has 0 spiro atoms. The lowest BCUT2D eigenvalue weighted by Crippen LogP contribution is -2.35. The van der Waals surface area contributed by atoms with Gasteiger partial charge in [0.2, 0.25) is 5.91 Å². The van der Waals surface area contributed by atoms with Gasteiger partial charge in [0.05, 0.1) is 0 Å². The molecule has 3 heteroatoms. The van der Waals surface area contributed by atoms with Crippen molar-refractivity contribution < 1.29 is 4.79 Å². The van der Waals surface area contributed by atoms with Crippen molar-refractivity contribution in [2.24, 2.45) is 11.8 Å². The van der Waals surface area contributed by atoms with E-state index < -0.39 is 0 Å². The van der Waals surface area contributed by atoms with Gasteiger partial charge in [-0.05, 0) is 44.1 Å². The van der Waals surface area contributed by atoms with Crippen LogP contribution in [-0.2, 0) is 4.79 Å². The normalized spacial score (nSPS) is 25.9. The van der Waals surface area contributed by atoms with Gasteiger partial charge in [-0.3, -0.25) is 4.79 Å². The van der Waals surface area contributed by atoms with Crippen molar-refractivity contribution in [1.82, 2.24) is 9.80 Å². The molecule has 3 aliphatic rings. The van der Waals surface area contributed by atoms with Crippen molar-refractivity contribution in [3.05, 3.63) is 0 Å². The highest BCUT2D eigenvalue weighted by atomic mass is 16.2. The number of amides is 1. The van der Waals surface area contributed by atoms with Crippen molar-refractivity contribution in [2.45, 2.75) is 57.8 Å². The van der Waals surface area contributed by atoms with Crippen LogP contribution in [-0.4, -0.2) is 48.4 Å². The molecular formula is C17H30N2O. The van der Waals surface area contributed by atoms with Gasteiger partial charge in [-0.25, -0.2) is 0 Å². The highest BCUT2D eigenvalue weighted by molar-refractivity contribution is 5.76. The summed E-state index contributed by atoms with van der Waals surface area (Å²) in [5.74, 6) is 2.24. The fourth-order valence-electron chi connectivity index (χ4n) is 3.85. The lowest BCUT2D eigenvalue weighted by molar-refractivity contribution is -0.131. The molecule has 1 saturated heterocycles. The predicted molar refractivity (Wildman–Crippen MR) is 81.6 cm³/mol. The summed E-state index contributed by atoms with van der Waals surface area (Å²) in [6.45, 7) is 5.54. The molecule has 0 aromatic rings. The van der Waals surface area contributed by atoms with Gasteiger partial charge in [-0.15, -0.1) is 0 Å². The Morgan fingerprint density at radius 3 is 2.40 bits per heavy atom. The predicted octanol–water partition coefficient (Wildman–Crippen LogP) is 2.90. The molecule has 0 N–H and O–H groups in total. The molecule has 20 heavy (non-hydrogen) atoms. The molecule has 2 aliphatic carbocycles. The first-order valence-electron chi connectivity index (χ1n) is 8.81. The van der Waals surface area contributed by atoms with Gasteiger partial charge in [0.1, 0.15) is 0 Å². The van der Waals surface area contributed by atoms with E-state index in [1.165, 1.54) is 58.0 Å². The van der Waals surface area contributed by atoms with E-state index in [2.05, 4.69) is 9.80 Å². The molecule has 0 bridgehead atoms. The van der Waals surface area contributed by atoms with Crippen LogP contribution < -0.4 is 0 Å². The van der Waals surface area contributed by atoms with Crippen molar-refractivity contribution in [1.29, 1.82) is 0 Å². The second-order valence-corrected chi connectivity index (χ2v) is 7.17. The molecule has 1 amide bonds. The van der Waals surface area contributed by atoms with Crippen LogP contribution in [0.2, 0.25) is 0 Å². The van der Waals surface area contributed by atoms with Crippen LogP contribution in [0, 0.1) is 11.8 Å². The molecule has 2 saturated carbocycles. The van der Waals surface area contributed by atoms with Crippen LogP contribution in [0.5, 0.6) is 0 Å². The summed E-state index contributed by atoms with van der Waals surface area (Å²) in [6.07, 6.45) is 11.5. The van der Waals surface area contributed by atoms with Crippen molar-refractivity contribution >= 4 is 5.91 Å². The SMILES string of the molecule is O=C(CCC1CCCC1)N1CCCN(CC2CC2)CC1. The monoisotopic (exact) mass is 278 g/mol. The van der Waals surface area contributed by atoms with Crippen molar-refractivity contribution in [3.8, 4) is 0 Å². The van der Waals surface area contributed by atoms with Crippen LogP contribution in [0.4, 0.5) is 0 Å². The van der Waals surface area contributed by atoms with E-state index in [-0.39, 0.29) is 0 Å². The maximum atomic E-state index is 12.4. The molecular weight excluding hydrogens is 248 g/mol. The second kappa shape index (κ2) is 6.93. The molecule has 0 unspecified atom stereocenters. The Kier molecular flexibility index (Phi) is 4.98. The number of carbonyl (C=O) groups is 1. The second-order valence-electron chi connectivity index (χ2n) is 7.17. The highest BCUT2D eigenvalue weighted by Crippen LogP contribution is 2.30. The lowest BCUT2D eigenvalue weighted by Gasteiger charge is -2.22. The Labute approximate surface area is 123 Å². The number of hydrogen-bond acceptors (Lipinski definition) is 2. The standard InChI is InChI=1S/C17H30N2O/c20-17(9-8-15-4-1-2-5-15)19-11-3-10-18(12-13-19)14-16-6-7-16/h15-16H,1-14H2. The van der Waals surface area contributed by atoms with E-state index in [0.717, 1.165) is 44.3 Å².